The number of alkyl halides is 3. The number of ether oxygens (including phenoxy) is 1. The smallest absolute Gasteiger partial charge is 0.353 e. The number of allylic oxidation sites excluding steroid dienone is 3. The third-order valence-corrected chi connectivity index (χ3v) is 4.80. The van der Waals surface area contributed by atoms with Crippen molar-refractivity contribution in [1.29, 1.82) is 0 Å². The first-order valence-electron chi connectivity index (χ1n) is 9.41. The first kappa shape index (κ1) is 22.2. The van der Waals surface area contributed by atoms with E-state index >= 15 is 0 Å². The van der Waals surface area contributed by atoms with Gasteiger partial charge in [-0.05, 0) is 50.8 Å². The zero-order chi connectivity index (χ0) is 20.9. The van der Waals surface area contributed by atoms with Gasteiger partial charge < -0.3 is 15.0 Å². The Balaban J connectivity index is 2.14. The topological polar surface area (TPSA) is 58.6 Å². The lowest BCUT2D eigenvalue weighted by Gasteiger charge is -2.36. The highest BCUT2D eigenvalue weighted by Gasteiger charge is 2.61. The molecule has 0 radical (unpaired) electrons. The molecule has 2 aliphatic heterocycles. The highest BCUT2D eigenvalue weighted by atomic mass is 19.4. The maximum absolute atomic E-state index is 13.9. The summed E-state index contributed by atoms with van der Waals surface area (Å²) in [6, 6.07) is 0. The quantitative estimate of drug-likeness (QED) is 0.696. The monoisotopic (exact) mass is 400 g/mol. The number of carbonyl (C=O) groups is 2. The zero-order valence-corrected chi connectivity index (χ0v) is 16.5. The zero-order valence-electron chi connectivity index (χ0n) is 16.5. The van der Waals surface area contributed by atoms with Crippen molar-refractivity contribution < 1.29 is 27.5 Å². The Morgan fingerprint density at radius 3 is 2.64 bits per heavy atom. The van der Waals surface area contributed by atoms with Crippen molar-refractivity contribution in [2.24, 2.45) is 0 Å². The van der Waals surface area contributed by atoms with Gasteiger partial charge in [0.2, 0.25) is 5.91 Å². The van der Waals surface area contributed by atoms with Crippen LogP contribution in [0, 0.1) is 0 Å². The van der Waals surface area contributed by atoms with Gasteiger partial charge in [-0.2, -0.15) is 13.2 Å². The summed E-state index contributed by atoms with van der Waals surface area (Å²) in [4.78, 5) is 25.8. The van der Waals surface area contributed by atoms with Gasteiger partial charge in [-0.15, -0.1) is 0 Å². The number of carbonyl (C=O) groups excluding carboxylic acids is 2. The molecule has 0 bridgehead atoms. The van der Waals surface area contributed by atoms with Gasteiger partial charge in [0.05, 0.1) is 6.61 Å². The van der Waals surface area contributed by atoms with E-state index in [2.05, 4.69) is 5.32 Å². The van der Waals surface area contributed by atoms with E-state index in [-0.39, 0.29) is 19.1 Å². The van der Waals surface area contributed by atoms with Crippen molar-refractivity contribution in [3.8, 4) is 0 Å². The number of nitrogens with one attached hydrogen (secondary N) is 1. The van der Waals surface area contributed by atoms with Crippen LogP contribution in [0.3, 0.4) is 0 Å². The molecule has 1 N–H and O–H groups in total. The van der Waals surface area contributed by atoms with Crippen LogP contribution in [-0.4, -0.2) is 54.7 Å². The molecule has 2 aliphatic rings. The summed E-state index contributed by atoms with van der Waals surface area (Å²) < 4.78 is 46.7. The molecule has 1 atom stereocenters. The van der Waals surface area contributed by atoms with Crippen molar-refractivity contribution >= 4 is 11.8 Å². The van der Waals surface area contributed by atoms with Crippen LogP contribution >= 0.6 is 0 Å². The predicted octanol–water partition coefficient (Wildman–Crippen LogP) is 3.29. The van der Waals surface area contributed by atoms with Crippen molar-refractivity contribution in [3.63, 3.8) is 0 Å². The van der Waals surface area contributed by atoms with Crippen molar-refractivity contribution in [3.05, 3.63) is 34.9 Å². The highest BCUT2D eigenvalue weighted by molar-refractivity contribution is 5.89. The molecule has 156 valence electrons. The molecule has 2 heterocycles. The minimum Gasteiger partial charge on any atom is -0.353 e. The van der Waals surface area contributed by atoms with Gasteiger partial charge in [0.1, 0.15) is 0 Å². The van der Waals surface area contributed by atoms with Gasteiger partial charge in [-0.25, -0.2) is 0 Å². The SMILES string of the molecule is CC=C1COC(C(=O)NCCCN2CCCC2=O)(C(F)(F)F)C=C1C=C(C)C. The summed E-state index contributed by atoms with van der Waals surface area (Å²) in [5.41, 5.74) is -1.27. The van der Waals surface area contributed by atoms with E-state index in [0.717, 1.165) is 18.1 Å². The van der Waals surface area contributed by atoms with Crippen LogP contribution in [0.1, 0.15) is 40.0 Å². The van der Waals surface area contributed by atoms with Gasteiger partial charge >= 0.3 is 6.18 Å². The minimum atomic E-state index is -4.90. The van der Waals surface area contributed by atoms with Crippen LogP contribution in [0.2, 0.25) is 0 Å². The number of nitrogens with zero attached hydrogens (tertiary/aromatic N) is 1. The average molecular weight is 400 g/mol. The molecule has 1 fully saturated rings. The molecule has 0 spiro atoms. The van der Waals surface area contributed by atoms with E-state index in [1.54, 1.807) is 37.8 Å². The van der Waals surface area contributed by atoms with Gasteiger partial charge in [0.25, 0.3) is 11.5 Å². The van der Waals surface area contributed by atoms with Gasteiger partial charge in [-0.3, -0.25) is 9.59 Å². The Bertz CT molecular complexity index is 706. The largest absolute Gasteiger partial charge is 0.430 e. The van der Waals surface area contributed by atoms with Gasteiger partial charge in [0.15, 0.2) is 0 Å². The van der Waals surface area contributed by atoms with E-state index in [1.165, 1.54) is 0 Å². The fourth-order valence-electron chi connectivity index (χ4n) is 3.29. The molecule has 2 amide bonds. The van der Waals surface area contributed by atoms with E-state index in [0.29, 0.717) is 37.1 Å². The third kappa shape index (κ3) is 4.84. The summed E-state index contributed by atoms with van der Waals surface area (Å²) in [6.45, 7) is 6.07. The Morgan fingerprint density at radius 1 is 1.39 bits per heavy atom. The maximum atomic E-state index is 13.9. The van der Waals surface area contributed by atoms with Crippen molar-refractivity contribution in [1.82, 2.24) is 10.2 Å². The molecule has 0 saturated carbocycles. The second kappa shape index (κ2) is 8.94. The molecule has 28 heavy (non-hydrogen) atoms. The fourth-order valence-corrected chi connectivity index (χ4v) is 3.29. The van der Waals surface area contributed by atoms with Crippen molar-refractivity contribution in [2.45, 2.75) is 51.8 Å². The van der Waals surface area contributed by atoms with Gasteiger partial charge in [0, 0.05) is 26.1 Å². The molecular weight excluding hydrogens is 373 g/mol. The Hall–Kier alpha value is -2.09. The van der Waals surface area contributed by atoms with E-state index in [9.17, 15) is 22.8 Å². The van der Waals surface area contributed by atoms with E-state index in [1.807, 2.05) is 0 Å². The normalized spacial score (nSPS) is 24.4. The van der Waals surface area contributed by atoms with E-state index in [4.69, 9.17) is 4.74 Å². The first-order valence-corrected chi connectivity index (χ1v) is 9.41. The van der Waals surface area contributed by atoms with Crippen LogP contribution in [0.15, 0.2) is 34.9 Å². The minimum absolute atomic E-state index is 0.0338. The lowest BCUT2D eigenvalue weighted by Crippen LogP contribution is -2.59. The molecule has 0 aromatic rings. The number of hydrogen-bond donors (Lipinski definition) is 1. The van der Waals surface area contributed by atoms with E-state index < -0.39 is 17.7 Å². The summed E-state index contributed by atoms with van der Waals surface area (Å²) in [5, 5.41) is 2.34. The number of likely N-dealkylation sites (tertiary alicyclic amines) is 1. The standard InChI is InChI=1S/C20H27F3N2O3/c1-4-15-13-28-19(20(21,22)23,12-16(15)11-14(2)3)18(27)24-8-6-10-25-9-5-7-17(25)26/h4,11-12H,5-10,13H2,1-3H3,(H,24,27). The summed E-state index contributed by atoms with van der Waals surface area (Å²) in [5.74, 6) is -1.19. The summed E-state index contributed by atoms with van der Waals surface area (Å²) in [7, 11) is 0. The molecule has 1 saturated heterocycles. The maximum Gasteiger partial charge on any atom is 0.430 e. The first-order chi connectivity index (χ1) is 13.1. The molecule has 0 aliphatic carbocycles. The molecule has 8 heteroatoms. The third-order valence-electron chi connectivity index (χ3n) is 4.80. The molecule has 1 unspecified atom stereocenters. The Labute approximate surface area is 163 Å². The fraction of sp³-hybridized carbons (Fsp3) is 0.600. The second-order valence-electron chi connectivity index (χ2n) is 7.25. The van der Waals surface area contributed by atoms with Crippen LogP contribution < -0.4 is 5.32 Å². The van der Waals surface area contributed by atoms with Crippen LogP contribution in [0.25, 0.3) is 0 Å². The number of halogens is 3. The van der Waals surface area contributed by atoms with Crippen molar-refractivity contribution in [2.75, 3.05) is 26.2 Å². The van der Waals surface area contributed by atoms with Crippen LogP contribution in [-0.2, 0) is 14.3 Å². The lowest BCUT2D eigenvalue weighted by molar-refractivity contribution is -0.249. The molecule has 0 aromatic heterocycles. The molecule has 2 rings (SSSR count). The Morgan fingerprint density at radius 2 is 2.11 bits per heavy atom. The van der Waals surface area contributed by atoms with Crippen LogP contribution in [0.5, 0.6) is 0 Å². The Kier molecular flexibility index (Phi) is 7.09. The number of rotatable bonds is 6. The molecule has 5 nitrogen and oxygen atoms in total. The van der Waals surface area contributed by atoms with Crippen LogP contribution in [0.4, 0.5) is 13.2 Å². The average Bonchev–Trinajstić information content (AvgIpc) is 3.01. The predicted molar refractivity (Wildman–Crippen MR) is 99.4 cm³/mol. The number of amides is 2. The van der Waals surface area contributed by atoms with Gasteiger partial charge in [-0.1, -0.05) is 17.7 Å². The second-order valence-corrected chi connectivity index (χ2v) is 7.25. The summed E-state index contributed by atoms with van der Waals surface area (Å²) in [6.07, 6.45) is 0.932. The summed E-state index contributed by atoms with van der Waals surface area (Å²) >= 11 is 0. The molecular formula is C20H27F3N2O3. The highest BCUT2D eigenvalue weighted by Crippen LogP contribution is 2.40. The molecule has 0 aromatic carbocycles. The lowest BCUT2D eigenvalue weighted by atomic mass is 9.90. The number of hydrogen-bond acceptors (Lipinski definition) is 3.